The van der Waals surface area contributed by atoms with Crippen molar-refractivity contribution < 1.29 is 4.79 Å². The van der Waals surface area contributed by atoms with Gasteiger partial charge in [0.1, 0.15) is 0 Å². The Morgan fingerprint density at radius 2 is 1.71 bits per heavy atom. The van der Waals surface area contributed by atoms with Gasteiger partial charge in [-0.05, 0) is 31.9 Å². The minimum Gasteiger partial charge on any atom is -0.307 e. The number of nitrogens with zero attached hydrogens (tertiary/aromatic N) is 1. The molecule has 1 aromatic rings. The van der Waals surface area contributed by atoms with E-state index in [-0.39, 0.29) is 11.4 Å². The Balaban J connectivity index is 2.32. The van der Waals surface area contributed by atoms with E-state index in [1.54, 1.807) is 6.92 Å². The van der Waals surface area contributed by atoms with Crippen LogP contribution < -0.4 is 4.90 Å². The summed E-state index contributed by atoms with van der Waals surface area (Å²) in [6.07, 6.45) is 5.99. The number of amides is 1. The van der Waals surface area contributed by atoms with Gasteiger partial charge in [0.25, 0.3) is 0 Å². The molecular weight excluding hydrogens is 210 g/mol. The van der Waals surface area contributed by atoms with Gasteiger partial charge in [0.15, 0.2) is 0 Å². The summed E-state index contributed by atoms with van der Waals surface area (Å²) in [6.45, 7) is 3.90. The molecule has 2 rings (SSSR count). The third-order valence-corrected chi connectivity index (χ3v) is 3.80. The molecule has 0 atom stereocenters. The van der Waals surface area contributed by atoms with Gasteiger partial charge in [-0.15, -0.1) is 0 Å². The molecule has 1 amide bonds. The molecule has 0 radical (unpaired) electrons. The SMILES string of the molecule is CC(=O)N(c1ccccc1)C1(C)CCCCC1. The van der Waals surface area contributed by atoms with E-state index in [1.165, 1.54) is 19.3 Å². The molecule has 17 heavy (non-hydrogen) atoms. The number of hydrogen-bond acceptors (Lipinski definition) is 1. The molecule has 0 spiro atoms. The Morgan fingerprint density at radius 3 is 2.24 bits per heavy atom. The zero-order chi connectivity index (χ0) is 12.3. The van der Waals surface area contributed by atoms with E-state index < -0.39 is 0 Å². The number of carbonyl (C=O) groups is 1. The Kier molecular flexibility index (Phi) is 3.51. The molecule has 1 saturated carbocycles. The number of para-hydroxylation sites is 1. The van der Waals surface area contributed by atoms with Crippen LogP contribution in [0.15, 0.2) is 30.3 Å². The van der Waals surface area contributed by atoms with Crippen LogP contribution in [0.1, 0.15) is 46.0 Å². The van der Waals surface area contributed by atoms with Crippen molar-refractivity contribution in [1.82, 2.24) is 0 Å². The second-order valence-electron chi connectivity index (χ2n) is 5.25. The lowest BCUT2D eigenvalue weighted by atomic mass is 9.81. The number of rotatable bonds is 2. The number of anilines is 1. The summed E-state index contributed by atoms with van der Waals surface area (Å²) in [5.74, 6) is 0.153. The van der Waals surface area contributed by atoms with Crippen LogP contribution in [-0.4, -0.2) is 11.4 Å². The molecule has 1 fully saturated rings. The van der Waals surface area contributed by atoms with Crippen LogP contribution in [0.25, 0.3) is 0 Å². The lowest BCUT2D eigenvalue weighted by Gasteiger charge is -2.43. The van der Waals surface area contributed by atoms with Gasteiger partial charge in [-0.25, -0.2) is 0 Å². The highest BCUT2D eigenvalue weighted by atomic mass is 16.2. The molecule has 1 aliphatic carbocycles. The normalized spacial score (nSPS) is 18.7. The van der Waals surface area contributed by atoms with Crippen molar-refractivity contribution in [2.45, 2.75) is 51.5 Å². The fourth-order valence-electron chi connectivity index (χ4n) is 2.99. The highest BCUT2D eigenvalue weighted by Gasteiger charge is 2.35. The molecule has 0 bridgehead atoms. The lowest BCUT2D eigenvalue weighted by Crippen LogP contribution is -2.50. The first kappa shape index (κ1) is 12.2. The van der Waals surface area contributed by atoms with Gasteiger partial charge in [-0.3, -0.25) is 4.79 Å². The van der Waals surface area contributed by atoms with Crippen LogP contribution in [-0.2, 0) is 4.79 Å². The van der Waals surface area contributed by atoms with Crippen molar-refractivity contribution in [2.75, 3.05) is 4.90 Å². The van der Waals surface area contributed by atoms with E-state index in [2.05, 4.69) is 6.92 Å². The summed E-state index contributed by atoms with van der Waals surface area (Å²) >= 11 is 0. The summed E-state index contributed by atoms with van der Waals surface area (Å²) in [5, 5.41) is 0. The average molecular weight is 231 g/mol. The Labute approximate surface area is 104 Å². The molecule has 92 valence electrons. The first-order valence-corrected chi connectivity index (χ1v) is 6.49. The van der Waals surface area contributed by atoms with Crippen molar-refractivity contribution in [1.29, 1.82) is 0 Å². The third-order valence-electron chi connectivity index (χ3n) is 3.80. The first-order valence-electron chi connectivity index (χ1n) is 6.49. The largest absolute Gasteiger partial charge is 0.307 e. The van der Waals surface area contributed by atoms with Gasteiger partial charge in [0.2, 0.25) is 5.91 Å². The van der Waals surface area contributed by atoms with Crippen molar-refractivity contribution >= 4 is 11.6 Å². The van der Waals surface area contributed by atoms with Crippen LogP contribution in [0.4, 0.5) is 5.69 Å². The molecule has 0 aliphatic heterocycles. The van der Waals surface area contributed by atoms with Crippen LogP contribution in [0, 0.1) is 0 Å². The Hall–Kier alpha value is -1.31. The zero-order valence-corrected chi connectivity index (χ0v) is 10.8. The van der Waals surface area contributed by atoms with E-state index in [9.17, 15) is 4.79 Å². The predicted octanol–water partition coefficient (Wildman–Crippen LogP) is 3.76. The van der Waals surface area contributed by atoms with Crippen LogP contribution >= 0.6 is 0 Å². The Bertz CT molecular complexity index is 379. The average Bonchev–Trinajstić information content (AvgIpc) is 2.30. The van der Waals surface area contributed by atoms with Gasteiger partial charge in [0.05, 0.1) is 0 Å². The fourth-order valence-corrected chi connectivity index (χ4v) is 2.99. The van der Waals surface area contributed by atoms with Crippen molar-refractivity contribution in [2.24, 2.45) is 0 Å². The molecule has 0 heterocycles. The van der Waals surface area contributed by atoms with Crippen LogP contribution in [0.5, 0.6) is 0 Å². The van der Waals surface area contributed by atoms with Gasteiger partial charge in [-0.1, -0.05) is 37.5 Å². The lowest BCUT2D eigenvalue weighted by molar-refractivity contribution is -0.117. The molecule has 0 saturated heterocycles. The summed E-state index contributed by atoms with van der Waals surface area (Å²) < 4.78 is 0. The molecular formula is C15H21NO. The molecule has 1 aliphatic rings. The standard InChI is InChI=1S/C15H21NO/c1-13(17)16(14-9-5-3-6-10-14)15(2)11-7-4-8-12-15/h3,5-6,9-10H,4,7-8,11-12H2,1-2H3. The molecule has 2 nitrogen and oxygen atoms in total. The van der Waals surface area contributed by atoms with Crippen molar-refractivity contribution in [3.63, 3.8) is 0 Å². The second kappa shape index (κ2) is 4.91. The van der Waals surface area contributed by atoms with Crippen molar-refractivity contribution in [3.8, 4) is 0 Å². The van der Waals surface area contributed by atoms with Crippen molar-refractivity contribution in [3.05, 3.63) is 30.3 Å². The molecule has 0 aromatic heterocycles. The quantitative estimate of drug-likeness (QED) is 0.759. The fraction of sp³-hybridized carbons (Fsp3) is 0.533. The van der Waals surface area contributed by atoms with E-state index in [4.69, 9.17) is 0 Å². The van der Waals surface area contributed by atoms with Gasteiger partial charge in [0, 0.05) is 18.2 Å². The van der Waals surface area contributed by atoms with E-state index >= 15 is 0 Å². The van der Waals surface area contributed by atoms with Gasteiger partial charge in [-0.2, -0.15) is 0 Å². The topological polar surface area (TPSA) is 20.3 Å². The van der Waals surface area contributed by atoms with Gasteiger partial charge < -0.3 is 4.90 Å². The van der Waals surface area contributed by atoms with E-state index in [0.717, 1.165) is 18.5 Å². The smallest absolute Gasteiger partial charge is 0.224 e. The highest BCUT2D eigenvalue weighted by molar-refractivity contribution is 5.92. The summed E-state index contributed by atoms with van der Waals surface area (Å²) in [6, 6.07) is 10.0. The van der Waals surface area contributed by atoms with E-state index in [1.807, 2.05) is 35.2 Å². The summed E-state index contributed by atoms with van der Waals surface area (Å²) in [5.41, 5.74) is 1.04. The van der Waals surface area contributed by atoms with Gasteiger partial charge >= 0.3 is 0 Å². The van der Waals surface area contributed by atoms with Crippen LogP contribution in [0.3, 0.4) is 0 Å². The zero-order valence-electron chi connectivity index (χ0n) is 10.8. The van der Waals surface area contributed by atoms with Crippen LogP contribution in [0.2, 0.25) is 0 Å². The van der Waals surface area contributed by atoms with E-state index in [0.29, 0.717) is 0 Å². The Morgan fingerprint density at radius 1 is 1.12 bits per heavy atom. The first-order chi connectivity index (χ1) is 8.13. The molecule has 2 heteroatoms. The second-order valence-corrected chi connectivity index (χ2v) is 5.25. The maximum absolute atomic E-state index is 12.0. The minimum absolute atomic E-state index is 0.00539. The maximum Gasteiger partial charge on any atom is 0.224 e. The predicted molar refractivity (Wildman–Crippen MR) is 71.1 cm³/mol. The maximum atomic E-state index is 12.0. The summed E-state index contributed by atoms with van der Waals surface area (Å²) in [4.78, 5) is 14.0. The molecule has 1 aromatic carbocycles. The number of hydrogen-bond donors (Lipinski definition) is 0. The molecule has 0 N–H and O–H groups in total. The number of benzene rings is 1. The summed E-state index contributed by atoms with van der Waals surface area (Å²) in [7, 11) is 0. The monoisotopic (exact) mass is 231 g/mol. The third kappa shape index (κ3) is 2.51. The molecule has 0 unspecified atom stereocenters. The number of carbonyl (C=O) groups excluding carboxylic acids is 1. The minimum atomic E-state index is 0.00539. The highest BCUT2D eigenvalue weighted by Crippen LogP contribution is 2.36.